The van der Waals surface area contributed by atoms with Gasteiger partial charge in [-0.1, -0.05) is 27.2 Å². The van der Waals surface area contributed by atoms with Crippen LogP contribution in [0.15, 0.2) is 29.0 Å². The van der Waals surface area contributed by atoms with Gasteiger partial charge in [-0.15, -0.1) is 0 Å². The van der Waals surface area contributed by atoms with Gasteiger partial charge in [0.05, 0.1) is 18.5 Å². The number of aromatic amines is 1. The first-order valence-electron chi connectivity index (χ1n) is 9.06. The number of hydrogen-bond donors (Lipinski definition) is 2. The zero-order valence-electron chi connectivity index (χ0n) is 15.1. The normalized spacial score (nSPS) is 18.0. The number of piperidine rings is 1. The van der Waals surface area contributed by atoms with Crippen LogP contribution in [0.4, 0.5) is 0 Å². The first kappa shape index (κ1) is 17.2. The van der Waals surface area contributed by atoms with Crippen molar-refractivity contribution in [1.29, 1.82) is 0 Å². The average Bonchev–Trinajstić information content (AvgIpc) is 3.23. The zero-order valence-corrected chi connectivity index (χ0v) is 15.1. The number of likely N-dealkylation sites (tertiary alicyclic amines) is 1. The number of hydrogen-bond acceptors (Lipinski definition) is 4. The minimum atomic E-state index is 0.0841. The number of H-pyrrole nitrogens is 1. The Hall–Kier alpha value is -1.59. The molecule has 2 aromatic heterocycles. The lowest BCUT2D eigenvalue weighted by Crippen LogP contribution is -2.39. The number of rotatable bonds is 6. The Balaban J connectivity index is 1.63. The Labute approximate surface area is 144 Å². The van der Waals surface area contributed by atoms with Gasteiger partial charge in [-0.3, -0.25) is 10.00 Å². The van der Waals surface area contributed by atoms with Crippen LogP contribution in [0.3, 0.4) is 0 Å². The monoisotopic (exact) mass is 330 g/mol. The van der Waals surface area contributed by atoms with Crippen LogP contribution in [-0.2, 0) is 12.0 Å². The molecule has 0 bridgehead atoms. The first-order chi connectivity index (χ1) is 11.6. The summed E-state index contributed by atoms with van der Waals surface area (Å²) in [6.07, 6.45) is 7.63. The van der Waals surface area contributed by atoms with Crippen molar-refractivity contribution in [2.24, 2.45) is 0 Å². The van der Waals surface area contributed by atoms with Crippen molar-refractivity contribution in [2.75, 3.05) is 19.6 Å². The third-order valence-corrected chi connectivity index (χ3v) is 4.82. The van der Waals surface area contributed by atoms with Gasteiger partial charge in [0, 0.05) is 29.8 Å². The van der Waals surface area contributed by atoms with E-state index in [1.807, 2.05) is 12.3 Å². The van der Waals surface area contributed by atoms with Crippen molar-refractivity contribution in [3.05, 3.63) is 41.6 Å². The van der Waals surface area contributed by atoms with Gasteiger partial charge >= 0.3 is 0 Å². The summed E-state index contributed by atoms with van der Waals surface area (Å²) in [7, 11) is 0. The minimum Gasteiger partial charge on any atom is -0.468 e. The van der Waals surface area contributed by atoms with E-state index in [1.165, 1.54) is 30.5 Å². The standard InChI is InChI=1S/C19H30N4O/c1-19(2,3)18-15(13-21-22-18)12-20-14-16(17-8-7-11-24-17)23-9-5-4-6-10-23/h7-8,11,13,16,20H,4-6,9-10,12,14H2,1-3H3,(H,21,22). The molecule has 0 saturated carbocycles. The Morgan fingerprint density at radius 3 is 2.75 bits per heavy atom. The summed E-state index contributed by atoms with van der Waals surface area (Å²) < 4.78 is 5.71. The lowest BCUT2D eigenvalue weighted by Gasteiger charge is -2.33. The molecular weight excluding hydrogens is 300 g/mol. The summed E-state index contributed by atoms with van der Waals surface area (Å²) in [6.45, 7) is 10.7. The summed E-state index contributed by atoms with van der Waals surface area (Å²) in [5, 5.41) is 11.0. The van der Waals surface area contributed by atoms with Crippen LogP contribution in [0.5, 0.6) is 0 Å². The largest absolute Gasteiger partial charge is 0.468 e. The average molecular weight is 330 g/mol. The zero-order chi connectivity index (χ0) is 17.0. The molecule has 1 aliphatic heterocycles. The van der Waals surface area contributed by atoms with E-state index in [1.54, 1.807) is 6.26 Å². The Kier molecular flexibility index (Phi) is 5.41. The molecule has 5 nitrogen and oxygen atoms in total. The van der Waals surface area contributed by atoms with Crippen LogP contribution in [0.1, 0.15) is 63.1 Å². The molecule has 5 heteroatoms. The summed E-state index contributed by atoms with van der Waals surface area (Å²) >= 11 is 0. The van der Waals surface area contributed by atoms with Crippen molar-refractivity contribution in [2.45, 2.75) is 58.0 Å². The summed E-state index contributed by atoms with van der Waals surface area (Å²) in [5.41, 5.74) is 2.54. The fourth-order valence-corrected chi connectivity index (χ4v) is 3.56. The molecular formula is C19H30N4O. The molecule has 0 aromatic carbocycles. The maximum absolute atomic E-state index is 5.71. The van der Waals surface area contributed by atoms with E-state index in [2.05, 4.69) is 47.3 Å². The van der Waals surface area contributed by atoms with E-state index in [4.69, 9.17) is 4.42 Å². The highest BCUT2D eigenvalue weighted by Gasteiger charge is 2.25. The first-order valence-corrected chi connectivity index (χ1v) is 9.06. The molecule has 2 N–H and O–H groups in total. The van der Waals surface area contributed by atoms with Gasteiger partial charge in [0.1, 0.15) is 5.76 Å². The highest BCUT2D eigenvalue weighted by molar-refractivity contribution is 5.23. The van der Waals surface area contributed by atoms with Crippen molar-refractivity contribution < 1.29 is 4.42 Å². The fraction of sp³-hybridized carbons (Fsp3) is 0.632. The molecule has 0 spiro atoms. The Morgan fingerprint density at radius 2 is 2.08 bits per heavy atom. The van der Waals surface area contributed by atoms with E-state index in [0.29, 0.717) is 6.04 Å². The van der Waals surface area contributed by atoms with E-state index < -0.39 is 0 Å². The van der Waals surface area contributed by atoms with Gasteiger partial charge in [0.2, 0.25) is 0 Å². The van der Waals surface area contributed by atoms with E-state index in [9.17, 15) is 0 Å². The maximum Gasteiger partial charge on any atom is 0.122 e. The molecule has 0 radical (unpaired) electrons. The number of nitrogens with zero attached hydrogens (tertiary/aromatic N) is 2. The maximum atomic E-state index is 5.71. The topological polar surface area (TPSA) is 57.1 Å². The second-order valence-corrected chi connectivity index (χ2v) is 7.78. The molecule has 0 amide bonds. The van der Waals surface area contributed by atoms with Gasteiger partial charge in [0.15, 0.2) is 0 Å². The molecule has 1 atom stereocenters. The van der Waals surface area contributed by atoms with Gasteiger partial charge in [-0.05, 0) is 38.1 Å². The third-order valence-electron chi connectivity index (χ3n) is 4.82. The number of nitrogens with one attached hydrogen (secondary N) is 2. The van der Waals surface area contributed by atoms with Crippen LogP contribution in [-0.4, -0.2) is 34.7 Å². The van der Waals surface area contributed by atoms with E-state index in [0.717, 1.165) is 31.9 Å². The van der Waals surface area contributed by atoms with Crippen LogP contribution in [0.25, 0.3) is 0 Å². The Bertz CT molecular complexity index is 606. The van der Waals surface area contributed by atoms with Crippen LogP contribution in [0, 0.1) is 0 Å². The molecule has 1 unspecified atom stereocenters. The molecule has 1 fully saturated rings. The summed E-state index contributed by atoms with van der Waals surface area (Å²) in [6, 6.07) is 4.39. The smallest absolute Gasteiger partial charge is 0.122 e. The SMILES string of the molecule is CC(C)(C)c1[nH]ncc1CNCC(c1ccco1)N1CCCCC1. The van der Waals surface area contributed by atoms with Gasteiger partial charge < -0.3 is 9.73 Å². The molecule has 3 rings (SSSR count). The molecule has 2 aromatic rings. The van der Waals surface area contributed by atoms with Crippen molar-refractivity contribution in [3.8, 4) is 0 Å². The van der Waals surface area contributed by atoms with Crippen LogP contribution in [0.2, 0.25) is 0 Å². The second kappa shape index (κ2) is 7.53. The summed E-state index contributed by atoms with van der Waals surface area (Å²) in [4.78, 5) is 2.55. The van der Waals surface area contributed by atoms with Crippen molar-refractivity contribution in [3.63, 3.8) is 0 Å². The van der Waals surface area contributed by atoms with Gasteiger partial charge in [-0.2, -0.15) is 5.10 Å². The minimum absolute atomic E-state index is 0.0841. The number of furan rings is 1. The molecule has 24 heavy (non-hydrogen) atoms. The highest BCUT2D eigenvalue weighted by atomic mass is 16.3. The van der Waals surface area contributed by atoms with Gasteiger partial charge in [0.25, 0.3) is 0 Å². The summed E-state index contributed by atoms with van der Waals surface area (Å²) in [5.74, 6) is 1.06. The Morgan fingerprint density at radius 1 is 1.29 bits per heavy atom. The number of aromatic nitrogens is 2. The van der Waals surface area contributed by atoms with Gasteiger partial charge in [-0.25, -0.2) is 0 Å². The fourth-order valence-electron chi connectivity index (χ4n) is 3.56. The van der Waals surface area contributed by atoms with Crippen LogP contribution >= 0.6 is 0 Å². The van der Waals surface area contributed by atoms with Crippen LogP contribution < -0.4 is 5.32 Å². The lowest BCUT2D eigenvalue weighted by atomic mass is 9.89. The van der Waals surface area contributed by atoms with E-state index >= 15 is 0 Å². The third kappa shape index (κ3) is 4.08. The molecule has 132 valence electrons. The molecule has 1 aliphatic rings. The predicted molar refractivity (Wildman–Crippen MR) is 95.9 cm³/mol. The van der Waals surface area contributed by atoms with Crippen molar-refractivity contribution in [1.82, 2.24) is 20.4 Å². The lowest BCUT2D eigenvalue weighted by molar-refractivity contribution is 0.142. The van der Waals surface area contributed by atoms with E-state index in [-0.39, 0.29) is 5.41 Å². The molecule has 3 heterocycles. The quantitative estimate of drug-likeness (QED) is 0.849. The van der Waals surface area contributed by atoms with Crippen molar-refractivity contribution >= 4 is 0 Å². The second-order valence-electron chi connectivity index (χ2n) is 7.78. The molecule has 0 aliphatic carbocycles. The highest BCUT2D eigenvalue weighted by Crippen LogP contribution is 2.26. The predicted octanol–water partition coefficient (Wildman–Crippen LogP) is 3.62. The molecule has 1 saturated heterocycles.